The van der Waals surface area contributed by atoms with Crippen molar-refractivity contribution in [1.29, 1.82) is 0 Å². The summed E-state index contributed by atoms with van der Waals surface area (Å²) in [5.74, 6) is 0. The van der Waals surface area contributed by atoms with Gasteiger partial charge in [-0.05, 0) is 25.7 Å². The number of hydrogen-bond donors (Lipinski definition) is 0. The topological polar surface area (TPSA) is 32.7 Å². The van der Waals surface area contributed by atoms with Gasteiger partial charge in [-0.1, -0.05) is 12.8 Å². The molecule has 1 aliphatic carbocycles. The van der Waals surface area contributed by atoms with E-state index in [1.807, 2.05) is 0 Å². The van der Waals surface area contributed by atoms with Crippen LogP contribution < -0.4 is 0 Å². The van der Waals surface area contributed by atoms with Gasteiger partial charge in [0.1, 0.15) is 0 Å². The van der Waals surface area contributed by atoms with Crippen molar-refractivity contribution in [2.75, 3.05) is 13.1 Å². The molecule has 0 atom stereocenters. The van der Waals surface area contributed by atoms with Crippen LogP contribution in [0.25, 0.3) is 0 Å². The third-order valence-electron chi connectivity index (χ3n) is 3.58. The van der Waals surface area contributed by atoms with Crippen LogP contribution in [0.5, 0.6) is 0 Å². The van der Waals surface area contributed by atoms with Gasteiger partial charge in [0.15, 0.2) is 0 Å². The van der Waals surface area contributed by atoms with Gasteiger partial charge in [0, 0.05) is 19.1 Å². The van der Waals surface area contributed by atoms with E-state index in [9.17, 15) is 4.79 Å². The molecule has 0 bridgehead atoms. The fourth-order valence-electron chi connectivity index (χ4n) is 2.72. The van der Waals surface area contributed by atoms with Crippen molar-refractivity contribution in [3.05, 3.63) is 0 Å². The molecule has 0 aromatic heterocycles. The highest BCUT2D eigenvalue weighted by atomic mass is 16.1. The summed E-state index contributed by atoms with van der Waals surface area (Å²) < 4.78 is 0. The second-order valence-corrected chi connectivity index (χ2v) is 4.43. The molecule has 78 valence electrons. The maximum absolute atomic E-state index is 10.1. The highest BCUT2D eigenvalue weighted by molar-refractivity contribution is 5.33. The van der Waals surface area contributed by atoms with Gasteiger partial charge < -0.3 is 4.90 Å². The predicted molar refractivity (Wildman–Crippen MR) is 55.0 cm³/mol. The molecule has 0 aromatic carbocycles. The molecule has 0 amide bonds. The summed E-state index contributed by atoms with van der Waals surface area (Å²) >= 11 is 0. The smallest absolute Gasteiger partial charge is 0.235 e. The Hall–Kier alpha value is -0.660. The monoisotopic (exact) mass is 194 g/mol. The molecular formula is C11H18N2O. The summed E-state index contributed by atoms with van der Waals surface area (Å²) in [5.41, 5.74) is 0. The Morgan fingerprint density at radius 1 is 1.07 bits per heavy atom. The van der Waals surface area contributed by atoms with E-state index in [1.54, 1.807) is 6.08 Å². The molecule has 14 heavy (non-hydrogen) atoms. The van der Waals surface area contributed by atoms with Gasteiger partial charge in [-0.2, -0.15) is 0 Å². The summed E-state index contributed by atoms with van der Waals surface area (Å²) in [6.07, 6.45) is 9.33. The molecule has 1 saturated carbocycles. The van der Waals surface area contributed by atoms with E-state index in [1.165, 1.54) is 25.7 Å². The van der Waals surface area contributed by atoms with Crippen molar-refractivity contribution in [3.63, 3.8) is 0 Å². The van der Waals surface area contributed by atoms with Crippen LogP contribution >= 0.6 is 0 Å². The maximum atomic E-state index is 10.1. The second-order valence-electron chi connectivity index (χ2n) is 4.43. The summed E-state index contributed by atoms with van der Waals surface area (Å²) in [6, 6.07) is 1.08. The van der Waals surface area contributed by atoms with Crippen LogP contribution in [0, 0.1) is 0 Å². The first-order chi connectivity index (χ1) is 6.90. The first kappa shape index (κ1) is 9.88. The average molecular weight is 194 g/mol. The van der Waals surface area contributed by atoms with Gasteiger partial charge in [-0.25, -0.2) is 9.79 Å². The van der Waals surface area contributed by atoms with Crippen LogP contribution in [-0.2, 0) is 4.79 Å². The number of piperidine rings is 1. The summed E-state index contributed by atoms with van der Waals surface area (Å²) in [5, 5.41) is 0. The van der Waals surface area contributed by atoms with Crippen LogP contribution in [0.4, 0.5) is 0 Å². The van der Waals surface area contributed by atoms with Crippen molar-refractivity contribution in [3.8, 4) is 0 Å². The van der Waals surface area contributed by atoms with Gasteiger partial charge in [-0.15, -0.1) is 0 Å². The lowest BCUT2D eigenvalue weighted by atomic mass is 10.0. The average Bonchev–Trinajstić information content (AvgIpc) is 2.72. The fraction of sp³-hybridized carbons (Fsp3) is 0.909. The fourth-order valence-corrected chi connectivity index (χ4v) is 2.72. The molecule has 2 fully saturated rings. The number of isocyanates is 1. The molecule has 2 rings (SSSR count). The highest BCUT2D eigenvalue weighted by Crippen LogP contribution is 2.26. The molecule has 1 saturated heterocycles. The van der Waals surface area contributed by atoms with Crippen LogP contribution in [0.2, 0.25) is 0 Å². The van der Waals surface area contributed by atoms with E-state index < -0.39 is 0 Å². The standard InChI is InChI=1S/C11H18N2O/c14-9-12-10-5-7-13(8-6-10)11-3-1-2-4-11/h10-11H,1-8H2. The number of rotatable bonds is 2. The summed E-state index contributed by atoms with van der Waals surface area (Å²) in [7, 11) is 0. The Kier molecular flexibility index (Phi) is 3.33. The third kappa shape index (κ3) is 2.23. The maximum Gasteiger partial charge on any atom is 0.235 e. The van der Waals surface area contributed by atoms with Gasteiger partial charge >= 0.3 is 0 Å². The minimum atomic E-state index is 0.255. The minimum Gasteiger partial charge on any atom is -0.300 e. The SMILES string of the molecule is O=C=NC1CCN(C2CCCC2)CC1. The van der Waals surface area contributed by atoms with Crippen molar-refractivity contribution in [2.24, 2.45) is 4.99 Å². The van der Waals surface area contributed by atoms with Crippen molar-refractivity contribution < 1.29 is 4.79 Å². The molecular weight excluding hydrogens is 176 g/mol. The minimum absolute atomic E-state index is 0.255. The first-order valence-electron chi connectivity index (χ1n) is 5.71. The Labute approximate surface area is 85.2 Å². The lowest BCUT2D eigenvalue weighted by Gasteiger charge is -2.34. The number of carbonyl (C=O) groups excluding carboxylic acids is 1. The van der Waals surface area contributed by atoms with E-state index in [2.05, 4.69) is 9.89 Å². The number of hydrogen-bond acceptors (Lipinski definition) is 3. The quantitative estimate of drug-likeness (QED) is 0.495. The molecule has 3 nitrogen and oxygen atoms in total. The second kappa shape index (κ2) is 4.72. The molecule has 1 aliphatic heterocycles. The molecule has 0 radical (unpaired) electrons. The van der Waals surface area contributed by atoms with E-state index in [-0.39, 0.29) is 6.04 Å². The summed E-state index contributed by atoms with van der Waals surface area (Å²) in [6.45, 7) is 2.25. The summed E-state index contributed by atoms with van der Waals surface area (Å²) in [4.78, 5) is 16.5. The molecule has 2 aliphatic rings. The Morgan fingerprint density at radius 2 is 1.71 bits per heavy atom. The number of likely N-dealkylation sites (tertiary alicyclic amines) is 1. The highest BCUT2D eigenvalue weighted by Gasteiger charge is 2.26. The van der Waals surface area contributed by atoms with E-state index in [4.69, 9.17) is 0 Å². The molecule has 1 heterocycles. The molecule has 0 unspecified atom stereocenters. The van der Waals surface area contributed by atoms with Crippen molar-refractivity contribution in [2.45, 2.75) is 50.6 Å². The van der Waals surface area contributed by atoms with Crippen molar-refractivity contribution >= 4 is 6.08 Å². The van der Waals surface area contributed by atoms with Crippen LogP contribution in [0.1, 0.15) is 38.5 Å². The van der Waals surface area contributed by atoms with Gasteiger partial charge in [-0.3, -0.25) is 0 Å². The zero-order valence-electron chi connectivity index (χ0n) is 8.61. The largest absolute Gasteiger partial charge is 0.300 e. The lowest BCUT2D eigenvalue weighted by Crippen LogP contribution is -2.41. The van der Waals surface area contributed by atoms with Gasteiger partial charge in [0.2, 0.25) is 6.08 Å². The Morgan fingerprint density at radius 3 is 2.29 bits per heavy atom. The predicted octanol–water partition coefficient (Wildman–Crippen LogP) is 1.73. The van der Waals surface area contributed by atoms with Gasteiger partial charge in [0.05, 0.1) is 6.04 Å². The van der Waals surface area contributed by atoms with Gasteiger partial charge in [0.25, 0.3) is 0 Å². The zero-order valence-corrected chi connectivity index (χ0v) is 8.61. The molecule has 0 aromatic rings. The number of nitrogens with zero attached hydrogens (tertiary/aromatic N) is 2. The van der Waals surface area contributed by atoms with E-state index >= 15 is 0 Å². The van der Waals surface area contributed by atoms with Crippen LogP contribution in [-0.4, -0.2) is 36.2 Å². The van der Waals surface area contributed by atoms with Crippen LogP contribution in [0.3, 0.4) is 0 Å². The number of aliphatic imine (C=N–C) groups is 1. The Balaban J connectivity index is 1.80. The molecule has 0 spiro atoms. The van der Waals surface area contributed by atoms with E-state index in [0.717, 1.165) is 32.0 Å². The third-order valence-corrected chi connectivity index (χ3v) is 3.58. The normalized spacial score (nSPS) is 26.3. The molecule has 3 heteroatoms. The zero-order chi connectivity index (χ0) is 9.80. The lowest BCUT2D eigenvalue weighted by molar-refractivity contribution is 0.155. The van der Waals surface area contributed by atoms with Crippen molar-refractivity contribution in [1.82, 2.24) is 4.90 Å². The first-order valence-corrected chi connectivity index (χ1v) is 5.71. The van der Waals surface area contributed by atoms with E-state index in [0.29, 0.717) is 0 Å². The molecule has 0 N–H and O–H groups in total. The Bertz CT molecular complexity index is 221. The van der Waals surface area contributed by atoms with Crippen LogP contribution in [0.15, 0.2) is 4.99 Å².